The average Bonchev–Trinajstić information content (AvgIpc) is 2.45. The van der Waals surface area contributed by atoms with E-state index in [9.17, 15) is 0 Å². The van der Waals surface area contributed by atoms with E-state index in [0.717, 1.165) is 6.42 Å². The molecule has 0 atom stereocenters. The molecule has 0 amide bonds. The van der Waals surface area contributed by atoms with E-state index in [1.54, 1.807) is 6.08 Å². The highest BCUT2D eigenvalue weighted by Gasteiger charge is 2.00. The molecule has 0 aliphatic heterocycles. The SMILES string of the molecule is C=C/C(C)=C(\C=C/C)c1ccc(C/C=C\C=N)cc1. The molecule has 1 nitrogen and oxygen atoms in total. The van der Waals surface area contributed by atoms with Crippen molar-refractivity contribution in [3.05, 3.63) is 77.9 Å². The van der Waals surface area contributed by atoms with E-state index in [4.69, 9.17) is 5.41 Å². The van der Waals surface area contributed by atoms with Crippen molar-refractivity contribution < 1.29 is 0 Å². The highest BCUT2D eigenvalue weighted by Crippen LogP contribution is 2.21. The molecule has 0 fully saturated rings. The van der Waals surface area contributed by atoms with Crippen LogP contribution in [0.2, 0.25) is 0 Å². The van der Waals surface area contributed by atoms with Crippen LogP contribution < -0.4 is 0 Å². The molecule has 98 valence electrons. The van der Waals surface area contributed by atoms with E-state index in [1.807, 2.05) is 25.2 Å². The Bertz CT molecular complexity index is 513. The lowest BCUT2D eigenvalue weighted by Gasteiger charge is -2.07. The summed E-state index contributed by atoms with van der Waals surface area (Å²) >= 11 is 0. The van der Waals surface area contributed by atoms with Crippen molar-refractivity contribution in [1.29, 1.82) is 5.41 Å². The van der Waals surface area contributed by atoms with E-state index in [1.165, 1.54) is 28.5 Å². The Morgan fingerprint density at radius 2 is 1.95 bits per heavy atom. The van der Waals surface area contributed by atoms with Gasteiger partial charge in [0.2, 0.25) is 0 Å². The summed E-state index contributed by atoms with van der Waals surface area (Å²) in [7, 11) is 0. The van der Waals surface area contributed by atoms with E-state index in [0.29, 0.717) is 0 Å². The molecule has 1 N–H and O–H groups in total. The van der Waals surface area contributed by atoms with Crippen LogP contribution in [0.4, 0.5) is 0 Å². The first-order chi connectivity index (χ1) is 9.22. The molecule has 0 unspecified atom stereocenters. The number of benzene rings is 1. The lowest BCUT2D eigenvalue weighted by Crippen LogP contribution is -1.87. The van der Waals surface area contributed by atoms with Gasteiger partial charge in [-0.3, -0.25) is 0 Å². The van der Waals surface area contributed by atoms with Gasteiger partial charge in [0.15, 0.2) is 0 Å². The van der Waals surface area contributed by atoms with Crippen LogP contribution in [-0.2, 0) is 6.42 Å². The Hall–Kier alpha value is -2.15. The number of allylic oxidation sites excluding steroid dienone is 7. The molecule has 0 radical (unpaired) electrons. The van der Waals surface area contributed by atoms with Gasteiger partial charge in [0.1, 0.15) is 0 Å². The van der Waals surface area contributed by atoms with Crippen molar-refractivity contribution in [1.82, 2.24) is 0 Å². The maximum atomic E-state index is 6.94. The van der Waals surface area contributed by atoms with Crippen LogP contribution in [-0.4, -0.2) is 6.21 Å². The van der Waals surface area contributed by atoms with Crippen molar-refractivity contribution in [2.45, 2.75) is 20.3 Å². The lowest BCUT2D eigenvalue weighted by molar-refractivity contribution is 1.27. The van der Waals surface area contributed by atoms with Gasteiger partial charge in [-0.1, -0.05) is 55.1 Å². The van der Waals surface area contributed by atoms with Crippen LogP contribution in [0.3, 0.4) is 0 Å². The van der Waals surface area contributed by atoms with Crippen molar-refractivity contribution in [2.24, 2.45) is 0 Å². The van der Waals surface area contributed by atoms with Crippen LogP contribution in [0.1, 0.15) is 25.0 Å². The van der Waals surface area contributed by atoms with Crippen molar-refractivity contribution >= 4 is 11.8 Å². The molecule has 19 heavy (non-hydrogen) atoms. The monoisotopic (exact) mass is 251 g/mol. The van der Waals surface area contributed by atoms with E-state index < -0.39 is 0 Å². The molecule has 0 aromatic heterocycles. The first-order valence-corrected chi connectivity index (χ1v) is 6.43. The molecular weight excluding hydrogens is 230 g/mol. The third-order valence-corrected chi connectivity index (χ3v) is 2.92. The van der Waals surface area contributed by atoms with Crippen molar-refractivity contribution in [2.75, 3.05) is 0 Å². The van der Waals surface area contributed by atoms with E-state index >= 15 is 0 Å². The Labute approximate surface area is 116 Å². The maximum Gasteiger partial charge on any atom is 0.0174 e. The van der Waals surface area contributed by atoms with Gasteiger partial charge in [0.05, 0.1) is 0 Å². The largest absolute Gasteiger partial charge is 0.309 e. The molecule has 0 spiro atoms. The Balaban J connectivity index is 2.99. The molecule has 0 bridgehead atoms. The van der Waals surface area contributed by atoms with Gasteiger partial charge in [-0.05, 0) is 48.6 Å². The second-order valence-corrected chi connectivity index (χ2v) is 4.30. The first-order valence-electron chi connectivity index (χ1n) is 6.43. The normalized spacial score (nSPS) is 12.7. The zero-order chi connectivity index (χ0) is 14.1. The Morgan fingerprint density at radius 3 is 2.47 bits per heavy atom. The fourth-order valence-corrected chi connectivity index (χ4v) is 1.82. The van der Waals surface area contributed by atoms with Gasteiger partial charge in [0, 0.05) is 6.21 Å². The summed E-state index contributed by atoms with van der Waals surface area (Å²) in [6.07, 6.45) is 11.9. The highest BCUT2D eigenvalue weighted by atomic mass is 14.3. The minimum absolute atomic E-state index is 0.860. The van der Waals surface area contributed by atoms with Gasteiger partial charge in [-0.2, -0.15) is 0 Å². The molecule has 1 aromatic carbocycles. The maximum absolute atomic E-state index is 6.94. The zero-order valence-corrected chi connectivity index (χ0v) is 11.7. The summed E-state index contributed by atoms with van der Waals surface area (Å²) in [5, 5.41) is 6.94. The number of hydrogen-bond acceptors (Lipinski definition) is 1. The van der Waals surface area contributed by atoms with Crippen molar-refractivity contribution in [3.8, 4) is 0 Å². The smallest absolute Gasteiger partial charge is 0.0174 e. The Kier molecular flexibility index (Phi) is 6.31. The predicted molar refractivity (Wildman–Crippen MR) is 85.7 cm³/mol. The third-order valence-electron chi connectivity index (χ3n) is 2.92. The summed E-state index contributed by atoms with van der Waals surface area (Å²) in [4.78, 5) is 0. The number of rotatable bonds is 6. The minimum Gasteiger partial charge on any atom is -0.309 e. The number of nitrogens with one attached hydrogen (secondary N) is 1. The molecule has 1 rings (SSSR count). The second kappa shape index (κ2) is 8.04. The molecular formula is C18H21N. The zero-order valence-electron chi connectivity index (χ0n) is 11.7. The summed E-state index contributed by atoms with van der Waals surface area (Å²) in [6.45, 7) is 7.93. The summed E-state index contributed by atoms with van der Waals surface area (Å²) < 4.78 is 0. The van der Waals surface area contributed by atoms with Gasteiger partial charge < -0.3 is 5.41 Å². The Morgan fingerprint density at radius 1 is 1.26 bits per heavy atom. The number of hydrogen-bond donors (Lipinski definition) is 1. The van der Waals surface area contributed by atoms with Crippen LogP contribution in [0.25, 0.3) is 5.57 Å². The molecule has 0 saturated carbocycles. The quantitative estimate of drug-likeness (QED) is 0.545. The fourth-order valence-electron chi connectivity index (χ4n) is 1.82. The standard InChI is InChI=1S/C18H21N/c1-4-8-18(15(3)5-2)17-12-10-16(11-13-17)9-6-7-14-19/h4-8,10-14,19H,2,9H2,1,3H3/b7-6-,8-4-,18-15+,19-14?. The average molecular weight is 251 g/mol. The minimum atomic E-state index is 0.860. The van der Waals surface area contributed by atoms with Gasteiger partial charge in [0.25, 0.3) is 0 Å². The predicted octanol–water partition coefficient (Wildman–Crippen LogP) is 4.97. The van der Waals surface area contributed by atoms with Crippen LogP contribution in [0, 0.1) is 5.41 Å². The van der Waals surface area contributed by atoms with Crippen molar-refractivity contribution in [3.63, 3.8) is 0 Å². The molecule has 1 aromatic rings. The molecule has 0 saturated heterocycles. The summed E-state index contributed by atoms with van der Waals surface area (Å²) in [5.41, 5.74) is 4.84. The van der Waals surface area contributed by atoms with E-state index in [-0.39, 0.29) is 0 Å². The van der Waals surface area contributed by atoms with Gasteiger partial charge >= 0.3 is 0 Å². The van der Waals surface area contributed by atoms with Gasteiger partial charge in [-0.25, -0.2) is 0 Å². The second-order valence-electron chi connectivity index (χ2n) is 4.30. The fraction of sp³-hybridized carbons (Fsp3) is 0.167. The van der Waals surface area contributed by atoms with Crippen LogP contribution >= 0.6 is 0 Å². The third kappa shape index (κ3) is 4.55. The molecule has 0 aliphatic rings. The summed E-state index contributed by atoms with van der Waals surface area (Å²) in [6, 6.07) is 8.53. The highest BCUT2D eigenvalue weighted by molar-refractivity contribution is 5.78. The topological polar surface area (TPSA) is 23.9 Å². The lowest BCUT2D eigenvalue weighted by atomic mass is 9.98. The van der Waals surface area contributed by atoms with E-state index in [2.05, 4.69) is 43.8 Å². The molecule has 0 aliphatic carbocycles. The van der Waals surface area contributed by atoms with Crippen LogP contribution in [0.15, 0.2) is 66.8 Å². The molecule has 0 heterocycles. The van der Waals surface area contributed by atoms with Gasteiger partial charge in [-0.15, -0.1) is 0 Å². The molecule has 1 heteroatoms. The first kappa shape index (κ1) is 14.9. The van der Waals surface area contributed by atoms with Crippen LogP contribution in [0.5, 0.6) is 0 Å². The summed E-state index contributed by atoms with van der Waals surface area (Å²) in [5.74, 6) is 0.